The monoisotopic (exact) mass is 222 g/mol. The molecule has 0 unspecified atom stereocenters. The van der Waals surface area contributed by atoms with E-state index in [0.29, 0.717) is 6.42 Å². The second-order valence-corrected chi connectivity index (χ2v) is 7.22. The fourth-order valence-corrected chi connectivity index (χ4v) is 3.18. The average Bonchev–Trinajstić information content (AvgIpc) is 2.03. The first kappa shape index (κ1) is 13.9. The van der Waals surface area contributed by atoms with Crippen LogP contribution in [0.3, 0.4) is 0 Å². The van der Waals surface area contributed by atoms with Crippen molar-refractivity contribution in [3.63, 3.8) is 0 Å². The molecule has 4 heteroatoms. The number of aliphatic hydroxyl groups excluding tert-OH is 1. The molecular weight excluding hydrogens is 200 g/mol. The van der Waals surface area contributed by atoms with Gasteiger partial charge in [-0.1, -0.05) is 34.6 Å². The highest BCUT2D eigenvalue weighted by Crippen LogP contribution is 2.27. The van der Waals surface area contributed by atoms with Crippen LogP contribution < -0.4 is 0 Å². The smallest absolute Gasteiger partial charge is 0.155 e. The van der Waals surface area contributed by atoms with Crippen LogP contribution in [-0.2, 0) is 9.84 Å². The summed E-state index contributed by atoms with van der Waals surface area (Å²) in [4.78, 5) is 0. The van der Waals surface area contributed by atoms with E-state index in [4.69, 9.17) is 0 Å². The molecule has 0 fully saturated rings. The third-order valence-corrected chi connectivity index (χ3v) is 4.82. The van der Waals surface area contributed by atoms with Crippen molar-refractivity contribution in [3.05, 3.63) is 0 Å². The van der Waals surface area contributed by atoms with Crippen LogP contribution in [0.15, 0.2) is 0 Å². The lowest BCUT2D eigenvalue weighted by atomic mass is 9.86. The van der Waals surface area contributed by atoms with Gasteiger partial charge in [0.05, 0.1) is 11.4 Å². The molecular formula is C10H22O3S. The first-order valence-corrected chi connectivity index (χ1v) is 6.78. The van der Waals surface area contributed by atoms with Crippen molar-refractivity contribution in [1.29, 1.82) is 0 Å². The maximum Gasteiger partial charge on any atom is 0.155 e. The molecule has 3 nitrogen and oxygen atoms in total. The molecule has 0 spiro atoms. The highest BCUT2D eigenvalue weighted by Gasteiger charge is 2.36. The number of hydrogen-bond donors (Lipinski definition) is 1. The summed E-state index contributed by atoms with van der Waals surface area (Å²) >= 11 is 0. The van der Waals surface area contributed by atoms with Crippen LogP contribution in [0.5, 0.6) is 0 Å². The number of sulfone groups is 1. The standard InChI is InChI=1S/C10H22O3S/c1-6-8(14(12,13)7-2)9(11)10(3,4)5/h8-9,11H,6-7H2,1-5H3/t8-,9+/m0/s1. The Morgan fingerprint density at radius 3 is 1.86 bits per heavy atom. The first-order chi connectivity index (χ1) is 6.16. The molecule has 1 N–H and O–H groups in total. The molecule has 14 heavy (non-hydrogen) atoms. The van der Waals surface area contributed by atoms with Crippen molar-refractivity contribution >= 4 is 9.84 Å². The van der Waals surface area contributed by atoms with Crippen molar-refractivity contribution in [1.82, 2.24) is 0 Å². The molecule has 0 saturated carbocycles. The maximum atomic E-state index is 11.7. The van der Waals surface area contributed by atoms with E-state index in [0.717, 1.165) is 0 Å². The van der Waals surface area contributed by atoms with E-state index < -0.39 is 21.2 Å². The zero-order chi connectivity index (χ0) is 11.6. The summed E-state index contributed by atoms with van der Waals surface area (Å²) in [5.41, 5.74) is -0.386. The molecule has 0 bridgehead atoms. The van der Waals surface area contributed by atoms with Crippen molar-refractivity contribution in [2.24, 2.45) is 5.41 Å². The van der Waals surface area contributed by atoms with Gasteiger partial charge in [-0.2, -0.15) is 0 Å². The van der Waals surface area contributed by atoms with Crippen LogP contribution in [0, 0.1) is 5.41 Å². The lowest BCUT2D eigenvalue weighted by Crippen LogP contribution is -2.42. The Kier molecular flexibility index (Phi) is 4.59. The number of hydrogen-bond acceptors (Lipinski definition) is 3. The van der Waals surface area contributed by atoms with E-state index in [1.165, 1.54) is 0 Å². The largest absolute Gasteiger partial charge is 0.391 e. The zero-order valence-electron chi connectivity index (χ0n) is 9.74. The van der Waals surface area contributed by atoms with Gasteiger partial charge in [0, 0.05) is 5.75 Å². The van der Waals surface area contributed by atoms with Crippen molar-refractivity contribution in [3.8, 4) is 0 Å². The van der Waals surface area contributed by atoms with Gasteiger partial charge in [-0.25, -0.2) is 8.42 Å². The van der Waals surface area contributed by atoms with Gasteiger partial charge in [-0.05, 0) is 11.8 Å². The first-order valence-electron chi connectivity index (χ1n) is 5.06. The molecule has 0 heterocycles. The third kappa shape index (κ3) is 3.24. The van der Waals surface area contributed by atoms with Crippen molar-refractivity contribution in [2.75, 3.05) is 5.75 Å². The summed E-state index contributed by atoms with van der Waals surface area (Å²) in [6.07, 6.45) is -0.327. The normalized spacial score (nSPS) is 17.9. The molecule has 0 aliphatic heterocycles. The Balaban J connectivity index is 4.93. The van der Waals surface area contributed by atoms with Gasteiger partial charge in [-0.15, -0.1) is 0 Å². The minimum atomic E-state index is -3.14. The molecule has 0 aromatic heterocycles. The lowest BCUT2D eigenvalue weighted by Gasteiger charge is -2.31. The summed E-state index contributed by atoms with van der Waals surface area (Å²) in [5.74, 6) is 0.0959. The predicted octanol–water partition coefficient (Wildman–Crippen LogP) is 1.61. The molecule has 2 atom stereocenters. The quantitative estimate of drug-likeness (QED) is 0.786. The SMILES string of the molecule is CC[C@@H]([C@@H](O)C(C)(C)C)S(=O)(=O)CC. The van der Waals surface area contributed by atoms with Crippen LogP contribution >= 0.6 is 0 Å². The molecule has 0 aromatic carbocycles. The molecule has 0 radical (unpaired) electrons. The molecule has 0 rings (SSSR count). The fraction of sp³-hybridized carbons (Fsp3) is 1.00. The fourth-order valence-electron chi connectivity index (χ4n) is 1.45. The molecule has 86 valence electrons. The van der Waals surface area contributed by atoms with Crippen molar-refractivity contribution < 1.29 is 13.5 Å². The third-order valence-electron chi connectivity index (χ3n) is 2.51. The Morgan fingerprint density at radius 2 is 1.64 bits per heavy atom. The van der Waals surface area contributed by atoms with Crippen LogP contribution in [-0.4, -0.2) is 30.6 Å². The maximum absolute atomic E-state index is 11.7. The second kappa shape index (κ2) is 4.62. The Bertz CT molecular complexity index is 262. The van der Waals surface area contributed by atoms with E-state index in [9.17, 15) is 13.5 Å². The summed E-state index contributed by atoms with van der Waals surface area (Å²) < 4.78 is 23.3. The molecule has 0 aliphatic carbocycles. The van der Waals surface area contributed by atoms with Crippen LogP contribution in [0.1, 0.15) is 41.0 Å². The highest BCUT2D eigenvalue weighted by atomic mass is 32.2. The predicted molar refractivity (Wildman–Crippen MR) is 59.0 cm³/mol. The van der Waals surface area contributed by atoms with Gasteiger partial charge < -0.3 is 5.11 Å². The van der Waals surface area contributed by atoms with Crippen LogP contribution in [0.25, 0.3) is 0 Å². The zero-order valence-corrected chi connectivity index (χ0v) is 10.6. The van der Waals surface area contributed by atoms with Crippen LogP contribution in [0.4, 0.5) is 0 Å². The Morgan fingerprint density at radius 1 is 1.21 bits per heavy atom. The Hall–Kier alpha value is -0.0900. The summed E-state index contributed by atoms with van der Waals surface area (Å²) in [5, 5.41) is 9.30. The van der Waals surface area contributed by atoms with E-state index in [1.807, 2.05) is 20.8 Å². The topological polar surface area (TPSA) is 54.4 Å². The van der Waals surface area contributed by atoms with Gasteiger partial charge in [-0.3, -0.25) is 0 Å². The molecule has 0 aliphatic rings. The molecule has 0 saturated heterocycles. The summed E-state index contributed by atoms with van der Waals surface area (Å²) in [6.45, 7) is 8.97. The van der Waals surface area contributed by atoms with Crippen molar-refractivity contribution in [2.45, 2.75) is 52.4 Å². The van der Waals surface area contributed by atoms with E-state index in [2.05, 4.69) is 0 Å². The van der Waals surface area contributed by atoms with E-state index in [-0.39, 0.29) is 11.2 Å². The summed E-state index contributed by atoms with van der Waals surface area (Å²) in [7, 11) is -3.14. The number of aliphatic hydroxyl groups is 1. The van der Waals surface area contributed by atoms with Gasteiger partial charge in [0.2, 0.25) is 0 Å². The van der Waals surface area contributed by atoms with E-state index >= 15 is 0 Å². The lowest BCUT2D eigenvalue weighted by molar-refractivity contribution is 0.0579. The highest BCUT2D eigenvalue weighted by molar-refractivity contribution is 7.92. The molecule has 0 aromatic rings. The Labute approximate surface area is 87.4 Å². The van der Waals surface area contributed by atoms with Gasteiger partial charge in [0.25, 0.3) is 0 Å². The van der Waals surface area contributed by atoms with E-state index in [1.54, 1.807) is 13.8 Å². The van der Waals surface area contributed by atoms with Gasteiger partial charge in [0.1, 0.15) is 0 Å². The van der Waals surface area contributed by atoms with Crippen LogP contribution in [0.2, 0.25) is 0 Å². The number of rotatable bonds is 4. The second-order valence-electron chi connectivity index (χ2n) is 4.71. The van der Waals surface area contributed by atoms with Gasteiger partial charge >= 0.3 is 0 Å². The minimum absolute atomic E-state index is 0.0959. The average molecular weight is 222 g/mol. The molecule has 0 amide bonds. The summed E-state index contributed by atoms with van der Waals surface area (Å²) in [6, 6.07) is 0. The van der Waals surface area contributed by atoms with Gasteiger partial charge in [0.15, 0.2) is 9.84 Å². The minimum Gasteiger partial charge on any atom is -0.391 e.